The number of nitro groups is 1. The standard InChI is InChI=1S/C11H17N3O4/c1-3-5-6-7-9(15)18-10-8(4-2)12-11(13-10)14(16)17/h3-7H2,1-2H3,(H,12,13). The van der Waals surface area contributed by atoms with E-state index in [1.165, 1.54) is 0 Å². The average molecular weight is 255 g/mol. The second-order valence-corrected chi connectivity index (χ2v) is 3.89. The Hall–Kier alpha value is -1.92. The van der Waals surface area contributed by atoms with E-state index in [-0.39, 0.29) is 5.88 Å². The highest BCUT2D eigenvalue weighted by atomic mass is 16.6. The highest BCUT2D eigenvalue weighted by Gasteiger charge is 2.22. The van der Waals surface area contributed by atoms with Gasteiger partial charge in [0.25, 0.3) is 0 Å². The quantitative estimate of drug-likeness (QED) is 0.349. The molecule has 0 aliphatic heterocycles. The Morgan fingerprint density at radius 2 is 2.17 bits per heavy atom. The number of ether oxygens (including phenoxy) is 1. The fourth-order valence-electron chi connectivity index (χ4n) is 1.47. The number of rotatable bonds is 7. The van der Waals surface area contributed by atoms with Crippen molar-refractivity contribution in [3.05, 3.63) is 15.8 Å². The normalized spacial score (nSPS) is 10.3. The van der Waals surface area contributed by atoms with Crippen molar-refractivity contribution in [3.63, 3.8) is 0 Å². The number of carbonyl (C=O) groups excluding carboxylic acids is 1. The minimum atomic E-state index is -0.645. The molecule has 7 heteroatoms. The van der Waals surface area contributed by atoms with Crippen molar-refractivity contribution in [1.82, 2.24) is 9.97 Å². The maximum Gasteiger partial charge on any atom is 0.436 e. The molecular weight excluding hydrogens is 238 g/mol. The number of H-pyrrole nitrogens is 1. The molecule has 0 spiro atoms. The number of esters is 1. The van der Waals surface area contributed by atoms with E-state index in [0.29, 0.717) is 18.5 Å². The summed E-state index contributed by atoms with van der Waals surface area (Å²) in [6, 6.07) is 0. The molecule has 0 unspecified atom stereocenters. The third kappa shape index (κ3) is 3.83. The number of aromatic nitrogens is 2. The number of nitrogens with zero attached hydrogens (tertiary/aromatic N) is 2. The predicted octanol–water partition coefficient (Wildman–Crippen LogP) is 2.37. The van der Waals surface area contributed by atoms with Crippen molar-refractivity contribution in [2.75, 3.05) is 0 Å². The lowest BCUT2D eigenvalue weighted by molar-refractivity contribution is -0.393. The molecule has 0 aromatic carbocycles. The van der Waals surface area contributed by atoms with Crippen LogP contribution in [0.25, 0.3) is 0 Å². The second-order valence-electron chi connectivity index (χ2n) is 3.89. The number of hydrogen-bond acceptors (Lipinski definition) is 5. The van der Waals surface area contributed by atoms with Crippen LogP contribution in [0.15, 0.2) is 0 Å². The molecule has 0 amide bonds. The molecule has 0 saturated carbocycles. The van der Waals surface area contributed by atoms with E-state index in [1.807, 2.05) is 6.92 Å². The van der Waals surface area contributed by atoms with E-state index in [0.717, 1.165) is 19.3 Å². The number of unbranched alkanes of at least 4 members (excludes halogenated alkanes) is 2. The molecule has 1 rings (SSSR count). The van der Waals surface area contributed by atoms with Crippen molar-refractivity contribution in [2.24, 2.45) is 0 Å². The van der Waals surface area contributed by atoms with Crippen molar-refractivity contribution < 1.29 is 14.5 Å². The third-order valence-electron chi connectivity index (χ3n) is 2.45. The molecule has 0 aliphatic rings. The number of aromatic amines is 1. The van der Waals surface area contributed by atoms with Crippen LogP contribution >= 0.6 is 0 Å². The van der Waals surface area contributed by atoms with Crippen molar-refractivity contribution >= 4 is 11.9 Å². The first-order valence-electron chi connectivity index (χ1n) is 6.02. The number of carbonyl (C=O) groups is 1. The molecule has 1 aromatic heterocycles. The van der Waals surface area contributed by atoms with Gasteiger partial charge in [0.05, 0.1) is 0 Å². The van der Waals surface area contributed by atoms with E-state index in [2.05, 4.69) is 9.97 Å². The van der Waals surface area contributed by atoms with E-state index in [4.69, 9.17) is 4.74 Å². The summed E-state index contributed by atoms with van der Waals surface area (Å²) in [6.45, 7) is 3.84. The zero-order valence-corrected chi connectivity index (χ0v) is 10.6. The van der Waals surface area contributed by atoms with Crippen LogP contribution in [0.1, 0.15) is 45.2 Å². The minimum Gasteiger partial charge on any atom is -0.391 e. The molecule has 1 heterocycles. The molecule has 0 fully saturated rings. The molecule has 1 N–H and O–H groups in total. The molecule has 18 heavy (non-hydrogen) atoms. The smallest absolute Gasteiger partial charge is 0.391 e. The largest absolute Gasteiger partial charge is 0.436 e. The molecule has 0 radical (unpaired) electrons. The molecule has 7 nitrogen and oxygen atoms in total. The van der Waals surface area contributed by atoms with Crippen molar-refractivity contribution in [1.29, 1.82) is 0 Å². The first-order valence-corrected chi connectivity index (χ1v) is 6.02. The van der Waals surface area contributed by atoms with Crippen molar-refractivity contribution in [3.8, 4) is 5.88 Å². The van der Waals surface area contributed by atoms with Crippen LogP contribution in [0, 0.1) is 10.1 Å². The molecule has 0 bridgehead atoms. The third-order valence-corrected chi connectivity index (χ3v) is 2.45. The Labute approximate surface area is 105 Å². The molecular formula is C11H17N3O4. The van der Waals surface area contributed by atoms with Gasteiger partial charge < -0.3 is 14.9 Å². The number of aryl methyl sites for hydroxylation is 1. The summed E-state index contributed by atoms with van der Waals surface area (Å²) >= 11 is 0. The van der Waals surface area contributed by atoms with Crippen LogP contribution in [0.5, 0.6) is 5.88 Å². The number of imidazole rings is 1. The summed E-state index contributed by atoms with van der Waals surface area (Å²) in [5.74, 6) is -0.784. The Morgan fingerprint density at radius 3 is 2.72 bits per heavy atom. The van der Waals surface area contributed by atoms with E-state index in [1.54, 1.807) is 6.92 Å². The van der Waals surface area contributed by atoms with Gasteiger partial charge in [-0.25, -0.2) is 4.98 Å². The Morgan fingerprint density at radius 1 is 1.44 bits per heavy atom. The van der Waals surface area contributed by atoms with Gasteiger partial charge in [-0.15, -0.1) is 0 Å². The number of hydrogen-bond donors (Lipinski definition) is 1. The van der Waals surface area contributed by atoms with Gasteiger partial charge in [0, 0.05) is 12.8 Å². The van der Waals surface area contributed by atoms with E-state index < -0.39 is 16.8 Å². The van der Waals surface area contributed by atoms with E-state index >= 15 is 0 Å². The maximum atomic E-state index is 11.5. The van der Waals surface area contributed by atoms with Crippen LogP contribution < -0.4 is 4.74 Å². The first-order chi connectivity index (χ1) is 8.58. The summed E-state index contributed by atoms with van der Waals surface area (Å²) in [4.78, 5) is 27.6. The van der Waals surface area contributed by atoms with Crippen LogP contribution in [0.2, 0.25) is 0 Å². The zero-order chi connectivity index (χ0) is 13.5. The van der Waals surface area contributed by atoms with Gasteiger partial charge >= 0.3 is 17.8 Å². The van der Waals surface area contributed by atoms with Gasteiger partial charge in [-0.2, -0.15) is 0 Å². The van der Waals surface area contributed by atoms with Crippen LogP contribution in [-0.2, 0) is 11.2 Å². The average Bonchev–Trinajstić information content (AvgIpc) is 2.72. The minimum absolute atomic E-state index is 0.0192. The lowest BCUT2D eigenvalue weighted by Crippen LogP contribution is -2.09. The van der Waals surface area contributed by atoms with Gasteiger partial charge in [-0.05, 0) is 16.3 Å². The lowest BCUT2D eigenvalue weighted by Gasteiger charge is -1.99. The molecule has 0 aliphatic carbocycles. The van der Waals surface area contributed by atoms with Gasteiger partial charge in [0.1, 0.15) is 0 Å². The Balaban J connectivity index is 2.65. The van der Waals surface area contributed by atoms with Crippen LogP contribution in [0.4, 0.5) is 5.95 Å². The summed E-state index contributed by atoms with van der Waals surface area (Å²) in [6.07, 6.45) is 3.51. The van der Waals surface area contributed by atoms with Gasteiger partial charge in [-0.1, -0.05) is 26.7 Å². The lowest BCUT2D eigenvalue weighted by atomic mass is 10.2. The van der Waals surface area contributed by atoms with E-state index in [9.17, 15) is 14.9 Å². The fraction of sp³-hybridized carbons (Fsp3) is 0.636. The predicted molar refractivity (Wildman–Crippen MR) is 64.4 cm³/mol. The molecule has 0 saturated heterocycles. The summed E-state index contributed by atoms with van der Waals surface area (Å²) < 4.78 is 5.03. The van der Waals surface area contributed by atoms with Gasteiger partial charge in [0.15, 0.2) is 5.69 Å². The Bertz CT molecular complexity index is 428. The first kappa shape index (κ1) is 14.1. The SMILES string of the molecule is CCCCCC(=O)Oc1nc([N+](=O)[O-])[nH]c1CC. The summed E-state index contributed by atoms with van der Waals surface area (Å²) in [7, 11) is 0. The van der Waals surface area contributed by atoms with Crippen molar-refractivity contribution in [2.45, 2.75) is 46.0 Å². The number of nitrogens with one attached hydrogen (secondary N) is 1. The van der Waals surface area contributed by atoms with Crippen LogP contribution in [-0.4, -0.2) is 20.9 Å². The monoisotopic (exact) mass is 255 g/mol. The fourth-order valence-corrected chi connectivity index (χ4v) is 1.47. The summed E-state index contributed by atoms with van der Waals surface area (Å²) in [5, 5.41) is 10.6. The maximum absolute atomic E-state index is 11.5. The molecule has 1 aromatic rings. The molecule has 0 atom stereocenters. The molecule has 100 valence electrons. The second kappa shape index (κ2) is 6.73. The highest BCUT2D eigenvalue weighted by Crippen LogP contribution is 2.20. The zero-order valence-electron chi connectivity index (χ0n) is 10.6. The topological polar surface area (TPSA) is 98.1 Å². The highest BCUT2D eigenvalue weighted by molar-refractivity contribution is 5.72. The summed E-state index contributed by atoms with van der Waals surface area (Å²) in [5.41, 5.74) is 0.463. The van der Waals surface area contributed by atoms with Crippen LogP contribution in [0.3, 0.4) is 0 Å². The Kier molecular flexibility index (Phi) is 5.29. The van der Waals surface area contributed by atoms with Gasteiger partial charge in [-0.3, -0.25) is 4.79 Å². The van der Waals surface area contributed by atoms with Gasteiger partial charge in [0.2, 0.25) is 0 Å².